The Morgan fingerprint density at radius 1 is 0.762 bits per heavy atom. The van der Waals surface area contributed by atoms with Gasteiger partial charge in [0, 0.05) is 11.1 Å². The van der Waals surface area contributed by atoms with Crippen LogP contribution in [0.25, 0.3) is 11.1 Å². The maximum Gasteiger partial charge on any atom is 0.306 e. The summed E-state index contributed by atoms with van der Waals surface area (Å²) < 4.78 is 13.4. The molecule has 0 saturated carbocycles. The number of benzene rings is 4. The number of carbonyl (C=O) groups is 3. The minimum atomic E-state index is -1.11. The Labute approximate surface area is 245 Å². The van der Waals surface area contributed by atoms with Crippen LogP contribution in [0, 0.1) is 11.7 Å². The summed E-state index contributed by atoms with van der Waals surface area (Å²) in [7, 11) is 0. The zero-order chi connectivity index (χ0) is 30.1. The van der Waals surface area contributed by atoms with Gasteiger partial charge in [0.2, 0.25) is 5.91 Å². The van der Waals surface area contributed by atoms with Crippen molar-refractivity contribution < 1.29 is 23.9 Å². The van der Waals surface area contributed by atoms with Crippen LogP contribution >= 0.6 is 0 Å². The highest BCUT2D eigenvalue weighted by Gasteiger charge is 2.32. The SMILES string of the molecule is CC(C)(Cc1ccc(F)cc1)NC(=O)C(CC(Cc1ccccc1)C(=O)O)NC(=O)c1ccc(-c2ccccc2)cc1. The number of hydrogen-bond donors (Lipinski definition) is 3. The summed E-state index contributed by atoms with van der Waals surface area (Å²) in [5.74, 6) is -3.28. The van der Waals surface area contributed by atoms with Crippen molar-refractivity contribution in [2.75, 3.05) is 0 Å². The molecule has 0 fully saturated rings. The molecule has 0 aromatic heterocycles. The first kappa shape index (κ1) is 30.2. The third-order valence-corrected chi connectivity index (χ3v) is 7.09. The molecule has 0 saturated heterocycles. The molecule has 4 rings (SSSR count). The fourth-order valence-electron chi connectivity index (χ4n) is 4.95. The molecule has 42 heavy (non-hydrogen) atoms. The lowest BCUT2D eigenvalue weighted by molar-refractivity contribution is -0.142. The number of halogens is 1. The number of carboxylic acids is 1. The maximum atomic E-state index is 13.6. The summed E-state index contributed by atoms with van der Waals surface area (Å²) in [4.78, 5) is 39.2. The third-order valence-electron chi connectivity index (χ3n) is 7.09. The van der Waals surface area contributed by atoms with Gasteiger partial charge < -0.3 is 15.7 Å². The van der Waals surface area contributed by atoms with E-state index in [4.69, 9.17) is 0 Å². The zero-order valence-corrected chi connectivity index (χ0v) is 23.7. The molecule has 216 valence electrons. The highest BCUT2D eigenvalue weighted by atomic mass is 19.1. The summed E-state index contributed by atoms with van der Waals surface area (Å²) in [6.07, 6.45) is 0.518. The molecular formula is C35H35FN2O4. The van der Waals surface area contributed by atoms with Gasteiger partial charge in [-0.1, -0.05) is 84.9 Å². The molecule has 0 radical (unpaired) electrons. The van der Waals surface area contributed by atoms with Gasteiger partial charge in [0.05, 0.1) is 5.92 Å². The van der Waals surface area contributed by atoms with E-state index in [0.717, 1.165) is 22.3 Å². The number of carbonyl (C=O) groups excluding carboxylic acids is 2. The number of carboxylic acid groups (broad SMARTS) is 1. The Morgan fingerprint density at radius 3 is 1.93 bits per heavy atom. The van der Waals surface area contributed by atoms with E-state index in [1.54, 1.807) is 24.3 Å². The van der Waals surface area contributed by atoms with Crippen molar-refractivity contribution in [1.29, 1.82) is 0 Å². The van der Waals surface area contributed by atoms with Crippen molar-refractivity contribution in [3.63, 3.8) is 0 Å². The molecule has 7 heteroatoms. The predicted octanol–water partition coefficient (Wildman–Crippen LogP) is 6.06. The van der Waals surface area contributed by atoms with Crippen molar-refractivity contribution >= 4 is 17.8 Å². The first-order valence-corrected chi connectivity index (χ1v) is 13.9. The fourth-order valence-corrected chi connectivity index (χ4v) is 4.95. The number of amides is 2. The highest BCUT2D eigenvalue weighted by molar-refractivity contribution is 5.98. The molecular weight excluding hydrogens is 531 g/mol. The first-order valence-electron chi connectivity index (χ1n) is 13.9. The summed E-state index contributed by atoms with van der Waals surface area (Å²) in [6, 6.07) is 30.9. The molecule has 3 N–H and O–H groups in total. The summed E-state index contributed by atoms with van der Waals surface area (Å²) >= 11 is 0. The van der Waals surface area contributed by atoms with Crippen LogP contribution in [-0.4, -0.2) is 34.5 Å². The van der Waals surface area contributed by atoms with E-state index in [2.05, 4.69) is 10.6 Å². The largest absolute Gasteiger partial charge is 0.481 e. The molecule has 2 amide bonds. The summed E-state index contributed by atoms with van der Waals surface area (Å²) in [5.41, 5.74) is 3.20. The lowest BCUT2D eigenvalue weighted by Crippen LogP contribution is -2.54. The van der Waals surface area contributed by atoms with Crippen LogP contribution in [0.15, 0.2) is 109 Å². The van der Waals surface area contributed by atoms with E-state index < -0.39 is 35.3 Å². The molecule has 0 spiro atoms. The number of hydrogen-bond acceptors (Lipinski definition) is 3. The Kier molecular flexibility index (Phi) is 9.86. The quantitative estimate of drug-likeness (QED) is 0.194. The number of nitrogens with one attached hydrogen (secondary N) is 2. The van der Waals surface area contributed by atoms with Gasteiger partial charge in [-0.2, -0.15) is 0 Å². The topological polar surface area (TPSA) is 95.5 Å². The molecule has 0 heterocycles. The van der Waals surface area contributed by atoms with Gasteiger partial charge in [-0.05, 0) is 79.6 Å². The van der Waals surface area contributed by atoms with Crippen LogP contribution in [0.5, 0.6) is 0 Å². The van der Waals surface area contributed by atoms with Crippen LogP contribution in [0.4, 0.5) is 4.39 Å². The van der Waals surface area contributed by atoms with Crippen LogP contribution < -0.4 is 10.6 Å². The van der Waals surface area contributed by atoms with Gasteiger partial charge in [-0.15, -0.1) is 0 Å². The first-order chi connectivity index (χ1) is 20.1. The van der Waals surface area contributed by atoms with Crippen LogP contribution in [0.1, 0.15) is 41.8 Å². The van der Waals surface area contributed by atoms with Crippen molar-refractivity contribution in [3.8, 4) is 11.1 Å². The monoisotopic (exact) mass is 566 g/mol. The Morgan fingerprint density at radius 2 is 1.33 bits per heavy atom. The fraction of sp³-hybridized carbons (Fsp3) is 0.229. The smallest absolute Gasteiger partial charge is 0.306 e. The van der Waals surface area contributed by atoms with E-state index >= 15 is 0 Å². The van der Waals surface area contributed by atoms with E-state index in [1.807, 2.05) is 86.6 Å². The van der Waals surface area contributed by atoms with E-state index in [-0.39, 0.29) is 18.7 Å². The lowest BCUT2D eigenvalue weighted by atomic mass is 9.90. The van der Waals surface area contributed by atoms with Crippen molar-refractivity contribution in [3.05, 3.63) is 132 Å². The Balaban J connectivity index is 1.53. The Hall–Kier alpha value is -4.78. The van der Waals surface area contributed by atoms with E-state index in [9.17, 15) is 23.9 Å². The molecule has 0 aliphatic rings. The zero-order valence-electron chi connectivity index (χ0n) is 23.7. The van der Waals surface area contributed by atoms with Crippen LogP contribution in [0.2, 0.25) is 0 Å². The maximum absolute atomic E-state index is 13.6. The minimum Gasteiger partial charge on any atom is -0.481 e. The lowest BCUT2D eigenvalue weighted by Gasteiger charge is -2.30. The summed E-state index contributed by atoms with van der Waals surface area (Å²) in [5, 5.41) is 15.8. The Bertz CT molecular complexity index is 1490. The molecule has 4 aromatic carbocycles. The van der Waals surface area contributed by atoms with E-state index in [1.165, 1.54) is 12.1 Å². The molecule has 0 bridgehead atoms. The molecule has 0 aliphatic carbocycles. The molecule has 2 unspecified atom stereocenters. The average Bonchev–Trinajstić information content (AvgIpc) is 2.98. The molecule has 6 nitrogen and oxygen atoms in total. The predicted molar refractivity (Wildman–Crippen MR) is 161 cm³/mol. The number of aliphatic carboxylic acids is 1. The average molecular weight is 567 g/mol. The molecule has 0 aliphatic heterocycles. The number of rotatable bonds is 12. The van der Waals surface area contributed by atoms with Crippen molar-refractivity contribution in [1.82, 2.24) is 10.6 Å². The third kappa shape index (κ3) is 8.61. The highest BCUT2D eigenvalue weighted by Crippen LogP contribution is 2.21. The van der Waals surface area contributed by atoms with Crippen LogP contribution in [-0.2, 0) is 22.4 Å². The van der Waals surface area contributed by atoms with Gasteiger partial charge in [0.25, 0.3) is 5.91 Å². The normalized spacial score (nSPS) is 12.6. The second kappa shape index (κ2) is 13.7. The standard InChI is InChI=1S/C35H35FN2O4/c1-35(2,23-25-13-19-30(36)20-14-25)38-33(40)31(22-29(34(41)42)21-24-9-5-3-6-10-24)37-32(39)28-17-15-27(16-18-28)26-11-7-4-8-12-26/h3-20,29,31H,21-23H2,1-2H3,(H,37,39)(H,38,40)(H,41,42). The van der Waals surface area contributed by atoms with E-state index in [0.29, 0.717) is 12.0 Å². The van der Waals surface area contributed by atoms with Gasteiger partial charge in [-0.3, -0.25) is 14.4 Å². The molecule has 2 atom stereocenters. The van der Waals surface area contributed by atoms with Gasteiger partial charge in [-0.25, -0.2) is 4.39 Å². The van der Waals surface area contributed by atoms with Gasteiger partial charge in [0.1, 0.15) is 11.9 Å². The van der Waals surface area contributed by atoms with Gasteiger partial charge >= 0.3 is 5.97 Å². The minimum absolute atomic E-state index is 0.101. The molecule has 4 aromatic rings. The van der Waals surface area contributed by atoms with Gasteiger partial charge in [0.15, 0.2) is 0 Å². The second-order valence-electron chi connectivity index (χ2n) is 11.1. The van der Waals surface area contributed by atoms with Crippen molar-refractivity contribution in [2.45, 2.75) is 44.7 Å². The van der Waals surface area contributed by atoms with Crippen LogP contribution in [0.3, 0.4) is 0 Å². The second-order valence-corrected chi connectivity index (χ2v) is 11.1. The van der Waals surface area contributed by atoms with Crippen molar-refractivity contribution in [2.24, 2.45) is 5.92 Å². The summed E-state index contributed by atoms with van der Waals surface area (Å²) in [6.45, 7) is 3.65.